The summed E-state index contributed by atoms with van der Waals surface area (Å²) in [6.45, 7) is 1.73. The first kappa shape index (κ1) is 14.7. The summed E-state index contributed by atoms with van der Waals surface area (Å²) in [5, 5.41) is 13.9. The van der Waals surface area contributed by atoms with Crippen molar-refractivity contribution in [3.63, 3.8) is 0 Å². The van der Waals surface area contributed by atoms with Crippen LogP contribution < -0.4 is 5.32 Å². The molecular formula is C16H16N2O3S. The van der Waals surface area contributed by atoms with E-state index in [1.165, 1.54) is 11.3 Å². The van der Waals surface area contributed by atoms with E-state index in [1.807, 2.05) is 41.3 Å². The molecule has 1 unspecified atom stereocenters. The number of benzene rings is 1. The molecule has 3 rings (SSSR count). The number of carbonyl (C=O) groups excluding carboxylic acids is 1. The maximum atomic E-state index is 12.3. The number of amides is 1. The molecule has 1 fully saturated rings. The second kappa shape index (κ2) is 6.29. The normalized spacial score (nSPS) is 18.9. The van der Waals surface area contributed by atoms with Gasteiger partial charge in [-0.2, -0.15) is 0 Å². The first-order valence-corrected chi connectivity index (χ1v) is 7.91. The molecular weight excluding hydrogens is 300 g/mol. The zero-order chi connectivity index (χ0) is 15.5. The standard InChI is InChI=1S/C16H16N2O3S/c19-15-13(11-4-2-1-3-5-11)18(8-7-17-15)10-12-6-9-22-14(12)16(20)21/h1-6,9,13H,7-8,10H2,(H,17,19)(H,20,21). The van der Waals surface area contributed by atoms with Gasteiger partial charge in [0.15, 0.2) is 0 Å². The average molecular weight is 316 g/mol. The average Bonchev–Trinajstić information content (AvgIpc) is 2.97. The smallest absolute Gasteiger partial charge is 0.346 e. The van der Waals surface area contributed by atoms with Gasteiger partial charge in [-0.3, -0.25) is 9.69 Å². The number of aromatic carboxylic acids is 1. The van der Waals surface area contributed by atoms with Gasteiger partial charge in [-0.05, 0) is 22.6 Å². The summed E-state index contributed by atoms with van der Waals surface area (Å²) in [7, 11) is 0. The highest BCUT2D eigenvalue weighted by atomic mass is 32.1. The molecule has 1 aromatic carbocycles. The Morgan fingerprint density at radius 3 is 2.82 bits per heavy atom. The van der Waals surface area contributed by atoms with E-state index in [0.29, 0.717) is 24.5 Å². The first-order chi connectivity index (χ1) is 10.7. The van der Waals surface area contributed by atoms with Crippen LogP contribution in [0.25, 0.3) is 0 Å². The maximum Gasteiger partial charge on any atom is 0.346 e. The zero-order valence-corrected chi connectivity index (χ0v) is 12.7. The van der Waals surface area contributed by atoms with Crippen molar-refractivity contribution < 1.29 is 14.7 Å². The Labute approximate surface area is 132 Å². The van der Waals surface area contributed by atoms with Crippen LogP contribution in [0.1, 0.15) is 26.8 Å². The van der Waals surface area contributed by atoms with Gasteiger partial charge < -0.3 is 10.4 Å². The molecule has 1 aliphatic heterocycles. The molecule has 1 aliphatic rings. The summed E-state index contributed by atoms with van der Waals surface area (Å²) >= 11 is 1.22. The van der Waals surface area contributed by atoms with Gasteiger partial charge in [-0.15, -0.1) is 11.3 Å². The van der Waals surface area contributed by atoms with Crippen molar-refractivity contribution >= 4 is 23.2 Å². The highest BCUT2D eigenvalue weighted by molar-refractivity contribution is 7.12. The molecule has 0 saturated carbocycles. The fourth-order valence-electron chi connectivity index (χ4n) is 2.75. The molecule has 114 valence electrons. The van der Waals surface area contributed by atoms with Crippen molar-refractivity contribution in [2.75, 3.05) is 13.1 Å². The second-order valence-corrected chi connectivity index (χ2v) is 6.07. The molecule has 5 nitrogen and oxygen atoms in total. The van der Waals surface area contributed by atoms with Gasteiger partial charge in [0, 0.05) is 19.6 Å². The fraction of sp³-hybridized carbons (Fsp3) is 0.250. The quantitative estimate of drug-likeness (QED) is 0.906. The summed E-state index contributed by atoms with van der Waals surface area (Å²) in [4.78, 5) is 25.9. The number of hydrogen-bond acceptors (Lipinski definition) is 4. The van der Waals surface area contributed by atoms with E-state index < -0.39 is 5.97 Å². The van der Waals surface area contributed by atoms with Crippen molar-refractivity contribution in [3.8, 4) is 0 Å². The molecule has 1 amide bonds. The van der Waals surface area contributed by atoms with Crippen molar-refractivity contribution in [1.29, 1.82) is 0 Å². The van der Waals surface area contributed by atoms with Gasteiger partial charge in [0.25, 0.3) is 0 Å². The molecule has 22 heavy (non-hydrogen) atoms. The molecule has 6 heteroatoms. The lowest BCUT2D eigenvalue weighted by atomic mass is 10.0. The lowest BCUT2D eigenvalue weighted by Crippen LogP contribution is -2.49. The van der Waals surface area contributed by atoms with E-state index in [-0.39, 0.29) is 11.9 Å². The van der Waals surface area contributed by atoms with E-state index in [9.17, 15) is 14.7 Å². The summed E-state index contributed by atoms with van der Waals surface area (Å²) in [6, 6.07) is 11.0. The van der Waals surface area contributed by atoms with Crippen LogP contribution in [0.2, 0.25) is 0 Å². The second-order valence-electron chi connectivity index (χ2n) is 5.15. The third-order valence-electron chi connectivity index (χ3n) is 3.74. The number of nitrogens with one attached hydrogen (secondary N) is 1. The summed E-state index contributed by atoms with van der Waals surface area (Å²) in [5.74, 6) is -0.952. The fourth-order valence-corrected chi connectivity index (χ4v) is 3.50. The highest BCUT2D eigenvalue weighted by Gasteiger charge is 2.31. The number of piperazine rings is 1. The number of nitrogens with zero attached hydrogens (tertiary/aromatic N) is 1. The molecule has 0 spiro atoms. The number of hydrogen-bond donors (Lipinski definition) is 2. The molecule has 2 aromatic rings. The van der Waals surface area contributed by atoms with Crippen LogP contribution in [0.3, 0.4) is 0 Å². The molecule has 1 aromatic heterocycles. The van der Waals surface area contributed by atoms with E-state index in [0.717, 1.165) is 11.1 Å². The molecule has 1 saturated heterocycles. The molecule has 0 aliphatic carbocycles. The van der Waals surface area contributed by atoms with Crippen LogP contribution in [0, 0.1) is 0 Å². The van der Waals surface area contributed by atoms with Crippen molar-refractivity contribution in [1.82, 2.24) is 10.2 Å². The number of carboxylic acid groups (broad SMARTS) is 1. The molecule has 2 heterocycles. The van der Waals surface area contributed by atoms with Crippen molar-refractivity contribution in [2.24, 2.45) is 0 Å². The van der Waals surface area contributed by atoms with Crippen LogP contribution in [0.15, 0.2) is 41.8 Å². The van der Waals surface area contributed by atoms with E-state index >= 15 is 0 Å². The molecule has 0 radical (unpaired) electrons. The topological polar surface area (TPSA) is 69.6 Å². The summed E-state index contributed by atoms with van der Waals surface area (Å²) in [6.07, 6.45) is 0. The van der Waals surface area contributed by atoms with E-state index in [2.05, 4.69) is 5.32 Å². The van der Waals surface area contributed by atoms with Gasteiger partial charge >= 0.3 is 5.97 Å². The van der Waals surface area contributed by atoms with Crippen LogP contribution in [0.5, 0.6) is 0 Å². The minimum absolute atomic E-state index is 0.0374. The first-order valence-electron chi connectivity index (χ1n) is 7.03. The van der Waals surface area contributed by atoms with Gasteiger partial charge in [-0.25, -0.2) is 4.79 Å². The van der Waals surface area contributed by atoms with Gasteiger partial charge in [0.05, 0.1) is 0 Å². The maximum absolute atomic E-state index is 12.3. The zero-order valence-electron chi connectivity index (χ0n) is 11.9. The number of rotatable bonds is 4. The number of carbonyl (C=O) groups is 2. The summed E-state index contributed by atoms with van der Waals surface area (Å²) < 4.78 is 0. The Bertz CT molecular complexity index is 684. The van der Waals surface area contributed by atoms with Crippen molar-refractivity contribution in [3.05, 3.63) is 57.8 Å². The molecule has 1 atom stereocenters. The Kier molecular flexibility index (Phi) is 4.22. The third-order valence-corrected chi connectivity index (χ3v) is 4.69. The Morgan fingerprint density at radius 1 is 1.32 bits per heavy atom. The van der Waals surface area contributed by atoms with Crippen molar-refractivity contribution in [2.45, 2.75) is 12.6 Å². The highest BCUT2D eigenvalue weighted by Crippen LogP contribution is 2.27. The Hall–Kier alpha value is -2.18. The SMILES string of the molecule is O=C(O)c1sccc1CN1CCNC(=O)C1c1ccccc1. The van der Waals surface area contributed by atoms with Crippen LogP contribution >= 0.6 is 11.3 Å². The lowest BCUT2D eigenvalue weighted by Gasteiger charge is -2.35. The largest absolute Gasteiger partial charge is 0.477 e. The van der Waals surface area contributed by atoms with Gasteiger partial charge in [-0.1, -0.05) is 30.3 Å². The van der Waals surface area contributed by atoms with E-state index in [1.54, 1.807) is 5.38 Å². The molecule has 0 bridgehead atoms. The molecule has 2 N–H and O–H groups in total. The number of carboxylic acids is 1. The third kappa shape index (κ3) is 2.88. The number of thiophene rings is 1. The summed E-state index contributed by atoms with van der Waals surface area (Å²) in [5.41, 5.74) is 1.68. The van der Waals surface area contributed by atoms with Crippen LogP contribution in [0.4, 0.5) is 0 Å². The van der Waals surface area contributed by atoms with Crippen LogP contribution in [-0.2, 0) is 11.3 Å². The predicted molar refractivity (Wildman–Crippen MR) is 83.9 cm³/mol. The minimum Gasteiger partial charge on any atom is -0.477 e. The van der Waals surface area contributed by atoms with Gasteiger partial charge in [0.1, 0.15) is 10.9 Å². The Balaban J connectivity index is 1.88. The van der Waals surface area contributed by atoms with Crippen LogP contribution in [-0.4, -0.2) is 35.0 Å². The lowest BCUT2D eigenvalue weighted by molar-refractivity contribution is -0.129. The Morgan fingerprint density at radius 2 is 2.09 bits per heavy atom. The predicted octanol–water partition coefficient (Wildman–Crippen LogP) is 2.12. The monoisotopic (exact) mass is 316 g/mol. The van der Waals surface area contributed by atoms with E-state index in [4.69, 9.17) is 0 Å². The minimum atomic E-state index is -0.914. The van der Waals surface area contributed by atoms with Gasteiger partial charge in [0.2, 0.25) is 5.91 Å².